The summed E-state index contributed by atoms with van der Waals surface area (Å²) in [4.78, 5) is 37.7. The van der Waals surface area contributed by atoms with Crippen molar-refractivity contribution in [1.82, 2.24) is 30.8 Å². The summed E-state index contributed by atoms with van der Waals surface area (Å²) in [6, 6.07) is 6.59. The third-order valence-electron chi connectivity index (χ3n) is 10.5. The number of nitrogens with one attached hydrogen (secondary N) is 3. The second kappa shape index (κ2) is 10.5. The quantitative estimate of drug-likeness (QED) is 0.333. The molecule has 2 amide bonds. The van der Waals surface area contributed by atoms with Crippen LogP contribution in [0.5, 0.6) is 0 Å². The summed E-state index contributed by atoms with van der Waals surface area (Å²) in [7, 11) is 0. The van der Waals surface area contributed by atoms with Crippen LogP contribution in [0, 0.1) is 5.41 Å². The van der Waals surface area contributed by atoms with Crippen molar-refractivity contribution in [3.63, 3.8) is 0 Å². The molecule has 2 spiro atoms. The number of amides is 2. The van der Waals surface area contributed by atoms with Gasteiger partial charge in [-0.05, 0) is 80.5 Å². The fourth-order valence-electron chi connectivity index (χ4n) is 8.30. The van der Waals surface area contributed by atoms with E-state index < -0.39 is 22.9 Å². The van der Waals surface area contributed by atoms with Gasteiger partial charge in [-0.25, -0.2) is 9.97 Å². The maximum absolute atomic E-state index is 14.5. The zero-order chi connectivity index (χ0) is 30.0. The number of anilines is 1. The van der Waals surface area contributed by atoms with Crippen molar-refractivity contribution in [2.75, 3.05) is 5.32 Å². The highest BCUT2D eigenvalue weighted by Gasteiger charge is 2.73. The van der Waals surface area contributed by atoms with E-state index in [0.717, 1.165) is 62.5 Å². The SMILES string of the molecule is CC1(C)CCC2(CC1)N[C@@H](C(=O)N[C@H]1CC[C@H](c3nnco3)CC1)[C@H](c1ccnc(Cl)c1)[C@]21C(=O)Nc2nc(Cl)ccc21. The van der Waals surface area contributed by atoms with Gasteiger partial charge >= 0.3 is 0 Å². The third-order valence-corrected chi connectivity index (χ3v) is 10.9. The van der Waals surface area contributed by atoms with E-state index in [2.05, 4.69) is 50.0 Å². The number of pyridine rings is 2. The lowest BCUT2D eigenvalue weighted by molar-refractivity contribution is -0.125. The van der Waals surface area contributed by atoms with E-state index >= 15 is 0 Å². The topological polar surface area (TPSA) is 135 Å². The molecule has 2 saturated carbocycles. The highest BCUT2D eigenvalue weighted by Crippen LogP contribution is 2.63. The largest absolute Gasteiger partial charge is 0.428 e. The van der Waals surface area contributed by atoms with Crippen LogP contribution in [0.2, 0.25) is 10.3 Å². The van der Waals surface area contributed by atoms with Crippen LogP contribution in [0.1, 0.15) is 94.1 Å². The van der Waals surface area contributed by atoms with Crippen LogP contribution in [-0.2, 0) is 15.0 Å². The van der Waals surface area contributed by atoms with Crippen molar-refractivity contribution in [2.45, 2.75) is 100 Å². The third kappa shape index (κ3) is 4.64. The molecule has 0 bridgehead atoms. The first-order chi connectivity index (χ1) is 20.6. The summed E-state index contributed by atoms with van der Waals surface area (Å²) in [6.45, 7) is 4.53. The number of fused-ring (bicyclic) bond motifs is 3. The average molecular weight is 625 g/mol. The Morgan fingerprint density at radius 3 is 2.51 bits per heavy atom. The maximum atomic E-state index is 14.5. The molecule has 0 unspecified atom stereocenters. The van der Waals surface area contributed by atoms with Gasteiger partial charge in [-0.1, -0.05) is 43.1 Å². The Morgan fingerprint density at radius 2 is 1.81 bits per heavy atom. The van der Waals surface area contributed by atoms with Gasteiger partial charge in [0.05, 0.1) is 6.04 Å². The first kappa shape index (κ1) is 28.7. The number of aromatic nitrogens is 4. The van der Waals surface area contributed by atoms with Gasteiger partial charge in [0, 0.05) is 35.2 Å². The van der Waals surface area contributed by atoms with Crippen LogP contribution in [0.25, 0.3) is 0 Å². The minimum Gasteiger partial charge on any atom is -0.428 e. The van der Waals surface area contributed by atoms with E-state index in [4.69, 9.17) is 27.6 Å². The predicted molar refractivity (Wildman–Crippen MR) is 161 cm³/mol. The first-order valence-electron chi connectivity index (χ1n) is 15.1. The summed E-state index contributed by atoms with van der Waals surface area (Å²) in [5.74, 6) is 0.450. The van der Waals surface area contributed by atoms with E-state index in [1.54, 1.807) is 18.3 Å². The molecule has 226 valence electrons. The molecule has 0 aromatic carbocycles. The highest BCUT2D eigenvalue weighted by molar-refractivity contribution is 6.30. The molecule has 7 rings (SSSR count). The van der Waals surface area contributed by atoms with Crippen molar-refractivity contribution >= 4 is 40.8 Å². The summed E-state index contributed by atoms with van der Waals surface area (Å²) in [6.07, 6.45) is 9.56. The van der Waals surface area contributed by atoms with Crippen molar-refractivity contribution in [1.29, 1.82) is 0 Å². The zero-order valence-electron chi connectivity index (χ0n) is 24.2. The standard InChI is InChI=1S/C31H35Cl2N7O3/c1-29(2)10-12-30(13-11-29)31(20-7-8-21(32)37-25(20)38-28(31)42)23(18-9-14-34-22(33)15-18)24(39-30)26(41)36-19-5-3-17(4-6-19)27-40-35-16-43-27/h7-9,14-17,19,23-24,39H,3-6,10-13H2,1-2H3,(H,36,41)(H,37,38,42)/t17-,19-,23-,24+,31+/m0/s1. The molecule has 1 saturated heterocycles. The fraction of sp³-hybridized carbons (Fsp3) is 0.548. The van der Waals surface area contributed by atoms with Crippen LogP contribution in [0.3, 0.4) is 0 Å². The van der Waals surface area contributed by atoms with E-state index in [9.17, 15) is 9.59 Å². The van der Waals surface area contributed by atoms with Gasteiger partial charge in [-0.2, -0.15) is 0 Å². The number of carbonyl (C=O) groups excluding carboxylic acids is 2. The molecule has 12 heteroatoms. The fourth-order valence-corrected chi connectivity index (χ4v) is 8.63. The van der Waals surface area contributed by atoms with Crippen molar-refractivity contribution in [3.8, 4) is 0 Å². The van der Waals surface area contributed by atoms with Crippen molar-refractivity contribution in [2.24, 2.45) is 5.41 Å². The number of hydrogen-bond donors (Lipinski definition) is 3. The molecule has 5 heterocycles. The Labute approximate surface area is 260 Å². The summed E-state index contributed by atoms with van der Waals surface area (Å²) >= 11 is 12.8. The van der Waals surface area contributed by atoms with Crippen molar-refractivity contribution < 1.29 is 14.0 Å². The Balaban J connectivity index is 1.29. The van der Waals surface area contributed by atoms with Gasteiger partial charge in [0.15, 0.2) is 0 Å². The molecule has 2 aliphatic carbocycles. The second-order valence-electron chi connectivity index (χ2n) is 13.4. The highest BCUT2D eigenvalue weighted by atomic mass is 35.5. The molecule has 4 aliphatic rings. The normalized spacial score (nSPS) is 30.7. The van der Waals surface area contributed by atoms with Crippen LogP contribution in [0.4, 0.5) is 5.82 Å². The number of nitrogens with zero attached hydrogens (tertiary/aromatic N) is 4. The molecule has 43 heavy (non-hydrogen) atoms. The van der Waals surface area contributed by atoms with Gasteiger partial charge < -0.3 is 15.1 Å². The van der Waals surface area contributed by atoms with Crippen molar-refractivity contribution in [3.05, 3.63) is 64.2 Å². The molecule has 3 aromatic rings. The summed E-state index contributed by atoms with van der Waals surface area (Å²) in [5.41, 5.74) is -0.129. The minimum absolute atomic E-state index is 0.00176. The van der Waals surface area contributed by atoms with Gasteiger partial charge in [0.25, 0.3) is 0 Å². The summed E-state index contributed by atoms with van der Waals surface area (Å²) in [5, 5.41) is 18.8. The lowest BCUT2D eigenvalue weighted by atomic mass is 9.53. The Kier molecular flexibility index (Phi) is 7.02. The van der Waals surface area contributed by atoms with Gasteiger partial charge in [0.1, 0.15) is 21.5 Å². The van der Waals surface area contributed by atoms with E-state index in [0.29, 0.717) is 22.0 Å². The van der Waals surface area contributed by atoms with Crippen LogP contribution in [0.15, 0.2) is 41.3 Å². The monoisotopic (exact) mass is 623 g/mol. The van der Waals surface area contributed by atoms with Crippen LogP contribution < -0.4 is 16.0 Å². The molecular weight excluding hydrogens is 589 g/mol. The number of halogens is 2. The summed E-state index contributed by atoms with van der Waals surface area (Å²) < 4.78 is 5.43. The zero-order valence-corrected chi connectivity index (χ0v) is 25.7. The van der Waals surface area contributed by atoms with Gasteiger partial charge in [-0.3, -0.25) is 14.9 Å². The molecule has 0 radical (unpaired) electrons. The lowest BCUT2D eigenvalue weighted by Crippen LogP contribution is -2.61. The minimum atomic E-state index is -1.11. The number of rotatable bonds is 4. The molecule has 3 atom stereocenters. The Hall–Kier alpha value is -3.08. The predicted octanol–water partition coefficient (Wildman–Crippen LogP) is 5.29. The molecule has 10 nitrogen and oxygen atoms in total. The van der Waals surface area contributed by atoms with E-state index in [-0.39, 0.29) is 29.2 Å². The smallest absolute Gasteiger partial charge is 0.238 e. The van der Waals surface area contributed by atoms with E-state index in [1.807, 2.05) is 12.1 Å². The Morgan fingerprint density at radius 1 is 1.05 bits per heavy atom. The Bertz CT molecular complexity index is 1550. The average Bonchev–Trinajstić information content (AvgIpc) is 3.68. The van der Waals surface area contributed by atoms with Crippen LogP contribution >= 0.6 is 23.2 Å². The van der Waals surface area contributed by atoms with Crippen LogP contribution in [-0.4, -0.2) is 49.6 Å². The van der Waals surface area contributed by atoms with E-state index in [1.165, 1.54) is 6.39 Å². The van der Waals surface area contributed by atoms with Gasteiger partial charge in [0.2, 0.25) is 24.1 Å². The molecule has 3 fully saturated rings. The lowest BCUT2D eigenvalue weighted by Gasteiger charge is -2.50. The first-order valence-corrected chi connectivity index (χ1v) is 15.8. The maximum Gasteiger partial charge on any atom is 0.238 e. The van der Waals surface area contributed by atoms with Gasteiger partial charge in [-0.15, -0.1) is 10.2 Å². The molecule has 2 aliphatic heterocycles. The molecular formula is C31H35Cl2N7O3. The molecule has 3 aromatic heterocycles. The number of hydrogen-bond acceptors (Lipinski definition) is 8. The number of carbonyl (C=O) groups is 2. The second-order valence-corrected chi connectivity index (χ2v) is 14.2. The molecule has 3 N–H and O–H groups in total.